The second kappa shape index (κ2) is 5.92. The van der Waals surface area contributed by atoms with Gasteiger partial charge in [0, 0.05) is 6.42 Å². The van der Waals surface area contributed by atoms with Crippen LogP contribution in [0.3, 0.4) is 0 Å². The fourth-order valence-corrected chi connectivity index (χ4v) is 2.34. The van der Waals surface area contributed by atoms with E-state index in [2.05, 4.69) is 0 Å². The molecule has 1 aliphatic heterocycles. The monoisotopic (exact) mass is 296 g/mol. The maximum Gasteiger partial charge on any atom is 0.309 e. The van der Waals surface area contributed by atoms with Crippen molar-refractivity contribution < 1.29 is 23.8 Å². The number of alkyl halides is 1. The zero-order chi connectivity index (χ0) is 15.6. The van der Waals surface area contributed by atoms with E-state index in [0.717, 1.165) is 6.42 Å². The molecule has 1 aromatic rings. The van der Waals surface area contributed by atoms with Crippen LogP contribution in [0.4, 0.5) is 4.39 Å². The first kappa shape index (κ1) is 15.6. The molecule has 4 nitrogen and oxygen atoms in total. The minimum atomic E-state index is -1.19. The van der Waals surface area contributed by atoms with Gasteiger partial charge in [0.05, 0.1) is 18.6 Å². The van der Waals surface area contributed by atoms with Crippen LogP contribution in [0.2, 0.25) is 0 Å². The van der Waals surface area contributed by atoms with Gasteiger partial charge in [0.25, 0.3) is 0 Å². The largest absolute Gasteiger partial charge is 0.490 e. The van der Waals surface area contributed by atoms with Gasteiger partial charge >= 0.3 is 5.97 Å². The summed E-state index contributed by atoms with van der Waals surface area (Å²) in [6.45, 7) is 5.78. The van der Waals surface area contributed by atoms with Gasteiger partial charge < -0.3 is 14.6 Å². The summed E-state index contributed by atoms with van der Waals surface area (Å²) in [6.07, 6.45) is -0.185. The number of carboxylic acid groups (broad SMARTS) is 1. The van der Waals surface area contributed by atoms with Gasteiger partial charge in [-0.1, -0.05) is 0 Å². The number of carbonyl (C=O) groups is 1. The molecule has 116 valence electrons. The van der Waals surface area contributed by atoms with E-state index in [-0.39, 0.29) is 6.42 Å². The second-order valence-corrected chi connectivity index (χ2v) is 6.03. The van der Waals surface area contributed by atoms with Crippen molar-refractivity contribution in [1.82, 2.24) is 0 Å². The number of rotatable bonds is 4. The Kier molecular flexibility index (Phi) is 4.40. The highest BCUT2D eigenvalue weighted by Crippen LogP contribution is 2.38. The molecule has 1 aromatic carbocycles. The normalized spacial score (nSPS) is 16.2. The summed E-state index contributed by atoms with van der Waals surface area (Å²) in [4.78, 5) is 11.3. The molecule has 1 unspecified atom stereocenters. The summed E-state index contributed by atoms with van der Waals surface area (Å²) in [5, 5.41) is 9.27. The van der Waals surface area contributed by atoms with Crippen LogP contribution in [0.5, 0.6) is 11.5 Å². The number of carboxylic acids is 1. The standard InChI is InChI=1S/C16H21FO4/c1-10(17)12-8-14-13(20-5-4-6-21-14)7-11(12)9-16(2,3)15(18)19/h7-8,10H,4-6,9H2,1-3H3,(H,18,19). The lowest BCUT2D eigenvalue weighted by Gasteiger charge is -2.22. The Morgan fingerprint density at radius 2 is 1.90 bits per heavy atom. The van der Waals surface area contributed by atoms with Gasteiger partial charge in [0.15, 0.2) is 11.5 Å². The third kappa shape index (κ3) is 3.46. The number of hydrogen-bond acceptors (Lipinski definition) is 3. The van der Waals surface area contributed by atoms with Gasteiger partial charge in [-0.15, -0.1) is 0 Å². The molecule has 0 bridgehead atoms. The van der Waals surface area contributed by atoms with E-state index in [0.29, 0.717) is 35.8 Å². The number of fused-ring (bicyclic) bond motifs is 1. The maximum atomic E-state index is 13.9. The minimum absolute atomic E-state index is 0.239. The van der Waals surface area contributed by atoms with Gasteiger partial charge in [0.1, 0.15) is 6.17 Å². The molecule has 0 radical (unpaired) electrons. The molecule has 0 spiro atoms. The van der Waals surface area contributed by atoms with Crippen LogP contribution < -0.4 is 9.47 Å². The molecule has 0 aliphatic carbocycles. The second-order valence-electron chi connectivity index (χ2n) is 6.03. The van der Waals surface area contributed by atoms with Crippen molar-refractivity contribution in [1.29, 1.82) is 0 Å². The van der Waals surface area contributed by atoms with Gasteiger partial charge in [-0.25, -0.2) is 4.39 Å². The van der Waals surface area contributed by atoms with Crippen LogP contribution >= 0.6 is 0 Å². The molecule has 0 amide bonds. The quantitative estimate of drug-likeness (QED) is 0.923. The molecule has 1 atom stereocenters. The SMILES string of the molecule is CC(F)c1cc2c(cc1CC(C)(C)C(=O)O)OCCCO2. The smallest absolute Gasteiger partial charge is 0.309 e. The van der Waals surface area contributed by atoms with Crippen molar-refractivity contribution in [2.75, 3.05) is 13.2 Å². The highest BCUT2D eigenvalue weighted by molar-refractivity contribution is 5.74. The highest BCUT2D eigenvalue weighted by atomic mass is 19.1. The van der Waals surface area contributed by atoms with E-state index in [9.17, 15) is 14.3 Å². The fourth-order valence-electron chi connectivity index (χ4n) is 2.34. The lowest BCUT2D eigenvalue weighted by atomic mass is 9.83. The van der Waals surface area contributed by atoms with Gasteiger partial charge in [-0.05, 0) is 50.5 Å². The summed E-state index contributed by atoms with van der Waals surface area (Å²) in [5.41, 5.74) is 0.152. The molecule has 1 aliphatic rings. The van der Waals surface area contributed by atoms with Crippen LogP contribution in [-0.2, 0) is 11.2 Å². The fraction of sp³-hybridized carbons (Fsp3) is 0.562. The molecule has 21 heavy (non-hydrogen) atoms. The number of benzene rings is 1. The molecular weight excluding hydrogens is 275 g/mol. The van der Waals surface area contributed by atoms with Crippen molar-refractivity contribution in [3.8, 4) is 11.5 Å². The average molecular weight is 296 g/mol. The number of aliphatic carboxylic acids is 1. The van der Waals surface area contributed by atoms with E-state index in [1.165, 1.54) is 6.92 Å². The average Bonchev–Trinajstić information content (AvgIpc) is 2.61. The summed E-state index contributed by atoms with van der Waals surface area (Å²) in [6, 6.07) is 3.36. The van der Waals surface area contributed by atoms with Crippen molar-refractivity contribution in [2.24, 2.45) is 5.41 Å². The summed E-state index contributed by atoms with van der Waals surface area (Å²) >= 11 is 0. The summed E-state index contributed by atoms with van der Waals surface area (Å²) < 4.78 is 25.1. The predicted octanol–water partition coefficient (Wildman–Crippen LogP) is 3.53. The lowest BCUT2D eigenvalue weighted by molar-refractivity contribution is -0.146. The summed E-state index contributed by atoms with van der Waals surface area (Å²) in [5.74, 6) is 0.184. The Morgan fingerprint density at radius 3 is 2.43 bits per heavy atom. The van der Waals surface area contributed by atoms with Gasteiger partial charge in [-0.3, -0.25) is 4.79 Å². The number of hydrogen-bond donors (Lipinski definition) is 1. The Hall–Kier alpha value is -1.78. The van der Waals surface area contributed by atoms with Crippen molar-refractivity contribution in [2.45, 2.75) is 39.8 Å². The van der Waals surface area contributed by atoms with Crippen LogP contribution in [0.1, 0.15) is 44.5 Å². The number of ether oxygens (including phenoxy) is 2. The van der Waals surface area contributed by atoms with Crippen LogP contribution in [-0.4, -0.2) is 24.3 Å². The topological polar surface area (TPSA) is 55.8 Å². The molecule has 0 aromatic heterocycles. The number of halogens is 1. The van der Waals surface area contributed by atoms with E-state index in [4.69, 9.17) is 9.47 Å². The molecular formula is C16H21FO4. The minimum Gasteiger partial charge on any atom is -0.490 e. The van der Waals surface area contributed by atoms with Crippen molar-refractivity contribution >= 4 is 5.97 Å². The zero-order valence-electron chi connectivity index (χ0n) is 12.6. The van der Waals surface area contributed by atoms with E-state index >= 15 is 0 Å². The van der Waals surface area contributed by atoms with Gasteiger partial charge in [0.2, 0.25) is 0 Å². The van der Waals surface area contributed by atoms with Crippen molar-refractivity contribution in [3.05, 3.63) is 23.3 Å². The zero-order valence-corrected chi connectivity index (χ0v) is 12.6. The van der Waals surface area contributed by atoms with Crippen LogP contribution in [0.25, 0.3) is 0 Å². The first-order valence-electron chi connectivity index (χ1n) is 7.11. The molecule has 2 rings (SSSR count). The maximum absolute atomic E-state index is 13.9. The molecule has 0 fully saturated rings. The third-order valence-corrected chi connectivity index (χ3v) is 3.65. The molecule has 0 saturated carbocycles. The first-order chi connectivity index (χ1) is 9.81. The van der Waals surface area contributed by atoms with E-state index in [1.807, 2.05) is 0 Å². The molecule has 0 saturated heterocycles. The Labute approximate surface area is 123 Å². The third-order valence-electron chi connectivity index (χ3n) is 3.65. The molecule has 1 heterocycles. The molecule has 1 N–H and O–H groups in total. The van der Waals surface area contributed by atoms with Crippen LogP contribution in [0, 0.1) is 5.41 Å². The van der Waals surface area contributed by atoms with E-state index < -0.39 is 17.6 Å². The predicted molar refractivity (Wildman–Crippen MR) is 76.7 cm³/mol. The van der Waals surface area contributed by atoms with Crippen LogP contribution in [0.15, 0.2) is 12.1 Å². The van der Waals surface area contributed by atoms with Crippen molar-refractivity contribution in [3.63, 3.8) is 0 Å². The first-order valence-corrected chi connectivity index (χ1v) is 7.11. The van der Waals surface area contributed by atoms with Gasteiger partial charge in [-0.2, -0.15) is 0 Å². The Balaban J connectivity index is 2.43. The Bertz CT molecular complexity index is 537. The Morgan fingerprint density at radius 1 is 1.33 bits per heavy atom. The molecule has 5 heteroatoms. The highest BCUT2D eigenvalue weighted by Gasteiger charge is 2.30. The lowest BCUT2D eigenvalue weighted by Crippen LogP contribution is -2.26. The van der Waals surface area contributed by atoms with E-state index in [1.54, 1.807) is 26.0 Å². The summed E-state index contributed by atoms with van der Waals surface area (Å²) in [7, 11) is 0.